The number of halogens is 1. The largest absolute Gasteiger partial charge is 0.370 e. The second-order valence-electron chi connectivity index (χ2n) is 4.51. The molecule has 0 amide bonds. The molecule has 1 saturated heterocycles. The van der Waals surface area contributed by atoms with Gasteiger partial charge < -0.3 is 10.6 Å². The van der Waals surface area contributed by atoms with Gasteiger partial charge in [-0.05, 0) is 30.2 Å². The smallest absolute Gasteiger partial charge is 0.152 e. The SMILES string of the molecule is NCc1cc(Br)cc(N2CCCS(=O)(=O)CC2)c1. The summed E-state index contributed by atoms with van der Waals surface area (Å²) in [6.45, 7) is 1.82. The third kappa shape index (κ3) is 3.46. The molecular weight excluding hydrogens is 316 g/mol. The van der Waals surface area contributed by atoms with E-state index in [-0.39, 0.29) is 5.75 Å². The fourth-order valence-electron chi connectivity index (χ4n) is 2.13. The van der Waals surface area contributed by atoms with Crippen molar-refractivity contribution >= 4 is 31.5 Å². The summed E-state index contributed by atoms with van der Waals surface area (Å²) in [6.07, 6.45) is 0.687. The van der Waals surface area contributed by atoms with Crippen molar-refractivity contribution in [3.05, 3.63) is 28.2 Å². The maximum Gasteiger partial charge on any atom is 0.152 e. The maximum atomic E-state index is 11.6. The molecule has 0 aliphatic carbocycles. The van der Waals surface area contributed by atoms with Gasteiger partial charge in [0.15, 0.2) is 9.84 Å². The zero-order valence-corrected chi connectivity index (χ0v) is 12.5. The van der Waals surface area contributed by atoms with Crippen LogP contribution in [-0.2, 0) is 16.4 Å². The first-order chi connectivity index (χ1) is 8.50. The van der Waals surface area contributed by atoms with Crippen LogP contribution in [0.5, 0.6) is 0 Å². The van der Waals surface area contributed by atoms with Crippen LogP contribution in [0.2, 0.25) is 0 Å². The maximum absolute atomic E-state index is 11.6. The summed E-state index contributed by atoms with van der Waals surface area (Å²) >= 11 is 3.46. The molecule has 0 unspecified atom stereocenters. The summed E-state index contributed by atoms with van der Waals surface area (Å²) in [4.78, 5) is 2.12. The Hall–Kier alpha value is -0.590. The first-order valence-electron chi connectivity index (χ1n) is 5.95. The van der Waals surface area contributed by atoms with E-state index in [1.165, 1.54) is 0 Å². The zero-order valence-electron chi connectivity index (χ0n) is 10.1. The predicted octanol–water partition coefficient (Wildman–Crippen LogP) is 1.53. The van der Waals surface area contributed by atoms with Gasteiger partial charge in [-0.1, -0.05) is 15.9 Å². The summed E-state index contributed by atoms with van der Waals surface area (Å²) in [5.41, 5.74) is 7.75. The summed E-state index contributed by atoms with van der Waals surface area (Å²) in [6, 6.07) is 6.03. The number of hydrogen-bond donors (Lipinski definition) is 1. The minimum atomic E-state index is -2.86. The van der Waals surface area contributed by atoms with E-state index in [0.29, 0.717) is 25.3 Å². The van der Waals surface area contributed by atoms with Crippen molar-refractivity contribution in [1.82, 2.24) is 0 Å². The van der Waals surface area contributed by atoms with Crippen molar-refractivity contribution < 1.29 is 8.42 Å². The average Bonchev–Trinajstić information content (AvgIpc) is 2.49. The molecule has 0 bridgehead atoms. The van der Waals surface area contributed by atoms with E-state index in [9.17, 15) is 8.42 Å². The van der Waals surface area contributed by atoms with Crippen LogP contribution >= 0.6 is 15.9 Å². The molecule has 0 aromatic heterocycles. The van der Waals surface area contributed by atoms with Gasteiger partial charge in [0.05, 0.1) is 11.5 Å². The highest BCUT2D eigenvalue weighted by molar-refractivity contribution is 9.10. The molecule has 1 aliphatic rings. The Balaban J connectivity index is 2.23. The summed E-state index contributed by atoms with van der Waals surface area (Å²) in [5.74, 6) is 0.527. The minimum Gasteiger partial charge on any atom is -0.370 e. The molecule has 1 aromatic carbocycles. The Morgan fingerprint density at radius 3 is 2.72 bits per heavy atom. The van der Waals surface area contributed by atoms with Crippen molar-refractivity contribution in [2.45, 2.75) is 13.0 Å². The van der Waals surface area contributed by atoms with Gasteiger partial charge in [0, 0.05) is 29.8 Å². The molecule has 0 radical (unpaired) electrons. The van der Waals surface area contributed by atoms with Gasteiger partial charge in [-0.15, -0.1) is 0 Å². The highest BCUT2D eigenvalue weighted by Crippen LogP contribution is 2.24. The number of benzene rings is 1. The van der Waals surface area contributed by atoms with E-state index >= 15 is 0 Å². The lowest BCUT2D eigenvalue weighted by molar-refractivity contribution is 0.597. The Kier molecular flexibility index (Phi) is 4.29. The predicted molar refractivity (Wildman–Crippen MR) is 77.5 cm³/mol. The van der Waals surface area contributed by atoms with E-state index in [1.54, 1.807) is 0 Å². The summed E-state index contributed by atoms with van der Waals surface area (Å²) < 4.78 is 24.1. The van der Waals surface area contributed by atoms with Crippen LogP contribution < -0.4 is 10.6 Å². The van der Waals surface area contributed by atoms with Gasteiger partial charge in [0.25, 0.3) is 0 Å². The second kappa shape index (κ2) is 5.59. The number of nitrogens with two attached hydrogens (primary N) is 1. The molecule has 18 heavy (non-hydrogen) atoms. The van der Waals surface area contributed by atoms with Gasteiger partial charge in [0.2, 0.25) is 0 Å². The molecule has 6 heteroatoms. The first-order valence-corrected chi connectivity index (χ1v) is 8.56. The van der Waals surface area contributed by atoms with Crippen LogP contribution in [0.15, 0.2) is 22.7 Å². The normalized spacial score (nSPS) is 19.6. The summed E-state index contributed by atoms with van der Waals surface area (Å²) in [5, 5.41) is 0. The molecule has 1 aliphatic heterocycles. The fourth-order valence-corrected chi connectivity index (χ4v) is 3.93. The number of anilines is 1. The van der Waals surface area contributed by atoms with Crippen LogP contribution in [0, 0.1) is 0 Å². The number of rotatable bonds is 2. The van der Waals surface area contributed by atoms with Gasteiger partial charge in [-0.25, -0.2) is 8.42 Å². The second-order valence-corrected chi connectivity index (χ2v) is 7.73. The van der Waals surface area contributed by atoms with Gasteiger partial charge in [-0.3, -0.25) is 0 Å². The quantitative estimate of drug-likeness (QED) is 0.892. The first kappa shape index (κ1) is 13.8. The van der Waals surface area contributed by atoms with Crippen molar-refractivity contribution in [2.24, 2.45) is 5.73 Å². The van der Waals surface area contributed by atoms with E-state index in [1.807, 2.05) is 18.2 Å². The number of nitrogens with zero attached hydrogens (tertiary/aromatic N) is 1. The highest BCUT2D eigenvalue weighted by Gasteiger charge is 2.19. The molecule has 1 heterocycles. The highest BCUT2D eigenvalue weighted by atomic mass is 79.9. The topological polar surface area (TPSA) is 63.4 Å². The Bertz CT molecular complexity index is 531. The lowest BCUT2D eigenvalue weighted by Crippen LogP contribution is -2.26. The molecule has 2 rings (SSSR count). The van der Waals surface area contributed by atoms with Crippen LogP contribution in [0.25, 0.3) is 0 Å². The van der Waals surface area contributed by atoms with Crippen LogP contribution in [-0.4, -0.2) is 33.0 Å². The van der Waals surface area contributed by atoms with Crippen LogP contribution in [0.4, 0.5) is 5.69 Å². The monoisotopic (exact) mass is 332 g/mol. The van der Waals surface area contributed by atoms with E-state index < -0.39 is 9.84 Å². The van der Waals surface area contributed by atoms with Crippen LogP contribution in [0.1, 0.15) is 12.0 Å². The zero-order chi connectivity index (χ0) is 13.2. The van der Waals surface area contributed by atoms with Crippen molar-refractivity contribution in [3.8, 4) is 0 Å². The molecule has 100 valence electrons. The molecule has 1 aromatic rings. The standard InChI is InChI=1S/C12H17BrN2O2S/c13-11-6-10(9-14)7-12(8-11)15-2-1-4-18(16,17)5-3-15/h6-8H,1-5,9,14H2. The van der Waals surface area contributed by atoms with Gasteiger partial charge in [-0.2, -0.15) is 0 Å². The Labute approximate surface area is 116 Å². The average molecular weight is 333 g/mol. The van der Waals surface area contributed by atoms with Crippen molar-refractivity contribution in [1.29, 1.82) is 0 Å². The van der Waals surface area contributed by atoms with Crippen molar-refractivity contribution in [3.63, 3.8) is 0 Å². The van der Waals surface area contributed by atoms with E-state index in [0.717, 1.165) is 22.3 Å². The lowest BCUT2D eigenvalue weighted by atomic mass is 10.2. The third-order valence-corrected chi connectivity index (χ3v) is 5.27. The molecule has 0 saturated carbocycles. The summed E-state index contributed by atoms with van der Waals surface area (Å²) in [7, 11) is -2.86. The molecule has 0 spiro atoms. The number of sulfone groups is 1. The fraction of sp³-hybridized carbons (Fsp3) is 0.500. The van der Waals surface area contributed by atoms with Crippen LogP contribution in [0.3, 0.4) is 0 Å². The lowest BCUT2D eigenvalue weighted by Gasteiger charge is -2.23. The van der Waals surface area contributed by atoms with E-state index in [4.69, 9.17) is 5.73 Å². The van der Waals surface area contributed by atoms with Gasteiger partial charge >= 0.3 is 0 Å². The third-order valence-electron chi connectivity index (χ3n) is 3.10. The molecule has 2 N–H and O–H groups in total. The Morgan fingerprint density at radius 1 is 1.22 bits per heavy atom. The van der Waals surface area contributed by atoms with E-state index in [2.05, 4.69) is 20.8 Å². The molecule has 1 fully saturated rings. The molecule has 4 nitrogen and oxygen atoms in total. The number of hydrogen-bond acceptors (Lipinski definition) is 4. The minimum absolute atomic E-state index is 0.234. The Morgan fingerprint density at radius 2 is 2.00 bits per heavy atom. The van der Waals surface area contributed by atoms with Gasteiger partial charge in [0.1, 0.15) is 0 Å². The van der Waals surface area contributed by atoms with Crippen molar-refractivity contribution in [2.75, 3.05) is 29.5 Å². The molecular formula is C12H17BrN2O2S. The molecule has 0 atom stereocenters.